The minimum absolute atomic E-state index is 0.0506. The van der Waals surface area contributed by atoms with E-state index in [0.29, 0.717) is 23.2 Å². The summed E-state index contributed by atoms with van der Waals surface area (Å²) in [5.41, 5.74) is 2.33. The summed E-state index contributed by atoms with van der Waals surface area (Å²) in [6.45, 7) is 7.82. The van der Waals surface area contributed by atoms with Crippen LogP contribution in [0.4, 0.5) is 8.78 Å². The Labute approximate surface area is 224 Å². The third-order valence-corrected chi connectivity index (χ3v) is 6.98. The highest BCUT2D eigenvalue weighted by Gasteiger charge is 2.39. The lowest BCUT2D eigenvalue weighted by Crippen LogP contribution is -2.49. The van der Waals surface area contributed by atoms with E-state index in [2.05, 4.69) is 31.1 Å². The van der Waals surface area contributed by atoms with Crippen LogP contribution in [0.3, 0.4) is 0 Å². The molecule has 1 N–H and O–H groups in total. The van der Waals surface area contributed by atoms with Crippen molar-refractivity contribution in [2.24, 2.45) is 0 Å². The first kappa shape index (κ1) is 27.2. The van der Waals surface area contributed by atoms with Crippen molar-refractivity contribution >= 4 is 5.91 Å². The zero-order valence-corrected chi connectivity index (χ0v) is 22.3. The number of benzene rings is 3. The molecule has 1 aromatic heterocycles. The van der Waals surface area contributed by atoms with E-state index in [1.54, 1.807) is 24.4 Å². The number of alkyl halides is 2. The second kappa shape index (κ2) is 10.9. The molecule has 0 saturated carbocycles. The van der Waals surface area contributed by atoms with Crippen molar-refractivity contribution in [2.45, 2.75) is 57.4 Å². The van der Waals surface area contributed by atoms with Crippen molar-refractivity contribution in [1.29, 1.82) is 0 Å². The minimum Gasteiger partial charge on any atom is -0.337 e. The molecule has 0 saturated heterocycles. The third kappa shape index (κ3) is 5.83. The van der Waals surface area contributed by atoms with Gasteiger partial charge in [0.05, 0.1) is 5.69 Å². The van der Waals surface area contributed by atoms with Gasteiger partial charge in [-0.25, -0.2) is 8.78 Å². The number of pyridine rings is 1. The molecule has 1 unspecified atom stereocenters. The molecular weight excluding hydrogens is 478 g/mol. The van der Waals surface area contributed by atoms with Gasteiger partial charge >= 0.3 is 0 Å². The summed E-state index contributed by atoms with van der Waals surface area (Å²) >= 11 is 0. The van der Waals surface area contributed by atoms with Crippen molar-refractivity contribution < 1.29 is 13.6 Å². The Morgan fingerprint density at radius 1 is 0.789 bits per heavy atom. The molecule has 1 amide bonds. The zero-order valence-electron chi connectivity index (χ0n) is 22.3. The number of hydrogen-bond donors (Lipinski definition) is 1. The van der Waals surface area contributed by atoms with E-state index in [0.717, 1.165) is 11.1 Å². The highest BCUT2D eigenvalue weighted by molar-refractivity contribution is 5.95. The Bertz CT molecular complexity index is 1360. The van der Waals surface area contributed by atoms with E-state index >= 15 is 0 Å². The number of nitrogens with one attached hydrogen (secondary N) is 1. The summed E-state index contributed by atoms with van der Waals surface area (Å²) in [5.74, 6) is -3.30. The first-order chi connectivity index (χ1) is 18.0. The third-order valence-electron chi connectivity index (χ3n) is 6.98. The lowest BCUT2D eigenvalue weighted by molar-refractivity contribution is -0.00842. The van der Waals surface area contributed by atoms with Gasteiger partial charge in [-0.3, -0.25) is 9.78 Å². The van der Waals surface area contributed by atoms with E-state index in [1.807, 2.05) is 66.7 Å². The van der Waals surface area contributed by atoms with Gasteiger partial charge in [0.2, 0.25) is 0 Å². The maximum atomic E-state index is 14.8. The SMILES string of the molecule is CCC(F)(F)c1cccc(C(Cc2ccccc2)(NC(=O)c2ccc(C(C)(C)C)cc2)c2ccccn2)c1. The molecule has 1 heterocycles. The number of rotatable bonds is 8. The topological polar surface area (TPSA) is 42.0 Å². The van der Waals surface area contributed by atoms with Crippen LogP contribution in [-0.2, 0) is 23.3 Å². The van der Waals surface area contributed by atoms with E-state index in [9.17, 15) is 13.6 Å². The Kier molecular flexibility index (Phi) is 7.77. The molecule has 196 valence electrons. The van der Waals surface area contributed by atoms with Crippen LogP contribution in [-0.4, -0.2) is 10.9 Å². The van der Waals surface area contributed by atoms with Gasteiger partial charge in [0, 0.05) is 30.2 Å². The molecule has 1 atom stereocenters. The van der Waals surface area contributed by atoms with Gasteiger partial charge in [0.25, 0.3) is 11.8 Å². The Morgan fingerprint density at radius 2 is 1.45 bits per heavy atom. The molecule has 0 bridgehead atoms. The maximum absolute atomic E-state index is 14.8. The second-order valence-corrected chi connectivity index (χ2v) is 10.7. The van der Waals surface area contributed by atoms with Crippen LogP contribution in [0.5, 0.6) is 0 Å². The molecule has 0 fully saturated rings. The second-order valence-electron chi connectivity index (χ2n) is 10.7. The number of halogens is 2. The lowest BCUT2D eigenvalue weighted by atomic mass is 9.79. The monoisotopic (exact) mass is 512 g/mol. The number of carbonyl (C=O) groups excluding carboxylic acids is 1. The van der Waals surface area contributed by atoms with Crippen molar-refractivity contribution in [3.05, 3.63) is 137 Å². The first-order valence-corrected chi connectivity index (χ1v) is 12.9. The molecule has 0 aliphatic carbocycles. The van der Waals surface area contributed by atoms with E-state index in [4.69, 9.17) is 0 Å². The van der Waals surface area contributed by atoms with Gasteiger partial charge in [-0.05, 0) is 52.4 Å². The molecule has 3 aromatic carbocycles. The van der Waals surface area contributed by atoms with Crippen molar-refractivity contribution in [2.75, 3.05) is 0 Å². The first-order valence-electron chi connectivity index (χ1n) is 12.9. The molecule has 0 radical (unpaired) electrons. The van der Waals surface area contributed by atoms with Crippen LogP contribution in [0.15, 0.2) is 103 Å². The number of hydrogen-bond acceptors (Lipinski definition) is 2. The Morgan fingerprint density at radius 3 is 2.05 bits per heavy atom. The van der Waals surface area contributed by atoms with Crippen molar-refractivity contribution in [3.8, 4) is 0 Å². The van der Waals surface area contributed by atoms with Crippen molar-refractivity contribution in [1.82, 2.24) is 10.3 Å². The van der Waals surface area contributed by atoms with Gasteiger partial charge in [-0.2, -0.15) is 0 Å². The van der Waals surface area contributed by atoms with E-state index in [-0.39, 0.29) is 23.3 Å². The molecule has 0 aliphatic heterocycles. The van der Waals surface area contributed by atoms with Crippen molar-refractivity contribution in [3.63, 3.8) is 0 Å². The lowest BCUT2D eigenvalue weighted by Gasteiger charge is -2.36. The summed E-state index contributed by atoms with van der Waals surface area (Å²) in [6.07, 6.45) is 1.67. The van der Waals surface area contributed by atoms with Gasteiger partial charge in [0.1, 0.15) is 5.54 Å². The Hall–Kier alpha value is -3.86. The fourth-order valence-electron chi connectivity index (χ4n) is 4.64. The number of aromatic nitrogens is 1. The molecule has 4 rings (SSSR count). The standard InChI is InChI=1S/C33H34F2N2O/c1-5-33(34,35)28-15-11-14-27(22-28)32(29-16-9-10-21-36-29,23-24-12-7-6-8-13-24)37-30(38)25-17-19-26(20-18-25)31(2,3)4/h6-22H,5,23H2,1-4H3,(H,37,38). The number of carbonyl (C=O) groups is 1. The summed E-state index contributed by atoms with van der Waals surface area (Å²) in [7, 11) is 0. The highest BCUT2D eigenvalue weighted by atomic mass is 19.3. The van der Waals surface area contributed by atoms with E-state index in [1.165, 1.54) is 19.1 Å². The quantitative estimate of drug-likeness (QED) is 0.262. The number of amides is 1. The summed E-state index contributed by atoms with van der Waals surface area (Å²) < 4.78 is 29.7. The normalized spacial score (nSPS) is 13.5. The number of nitrogens with zero attached hydrogens (tertiary/aromatic N) is 1. The predicted molar refractivity (Wildman–Crippen MR) is 148 cm³/mol. The Balaban J connectivity index is 1.88. The maximum Gasteiger partial charge on any atom is 0.273 e. The average molecular weight is 513 g/mol. The average Bonchev–Trinajstić information content (AvgIpc) is 2.93. The van der Waals surface area contributed by atoms with Gasteiger partial charge in [-0.1, -0.05) is 94.4 Å². The van der Waals surface area contributed by atoms with Crippen LogP contribution in [0.1, 0.15) is 72.4 Å². The molecular formula is C33H34F2N2O. The molecule has 0 aliphatic rings. The fourth-order valence-corrected chi connectivity index (χ4v) is 4.64. The molecule has 4 aromatic rings. The smallest absolute Gasteiger partial charge is 0.273 e. The highest BCUT2D eigenvalue weighted by Crippen LogP contribution is 2.37. The van der Waals surface area contributed by atoms with Gasteiger partial charge in [-0.15, -0.1) is 0 Å². The van der Waals surface area contributed by atoms with Crippen LogP contribution in [0, 0.1) is 0 Å². The molecule has 0 spiro atoms. The summed E-state index contributed by atoms with van der Waals surface area (Å²) in [4.78, 5) is 18.4. The zero-order chi connectivity index (χ0) is 27.4. The largest absolute Gasteiger partial charge is 0.337 e. The molecule has 38 heavy (non-hydrogen) atoms. The predicted octanol–water partition coefficient (Wildman–Crippen LogP) is 7.80. The molecule has 5 heteroatoms. The van der Waals surface area contributed by atoms with Gasteiger partial charge < -0.3 is 5.32 Å². The van der Waals surface area contributed by atoms with Crippen LogP contribution >= 0.6 is 0 Å². The summed E-state index contributed by atoms with van der Waals surface area (Å²) in [5, 5.41) is 3.24. The fraction of sp³-hybridized carbons (Fsp3) is 0.273. The molecule has 3 nitrogen and oxygen atoms in total. The van der Waals surface area contributed by atoms with Crippen LogP contribution < -0.4 is 5.32 Å². The van der Waals surface area contributed by atoms with E-state index < -0.39 is 11.5 Å². The van der Waals surface area contributed by atoms with Gasteiger partial charge in [0.15, 0.2) is 0 Å². The summed E-state index contributed by atoms with van der Waals surface area (Å²) in [6, 6.07) is 29.1. The van der Waals surface area contributed by atoms with Crippen LogP contribution in [0.2, 0.25) is 0 Å². The minimum atomic E-state index is -2.99. The van der Waals surface area contributed by atoms with Crippen LogP contribution in [0.25, 0.3) is 0 Å².